The second-order valence-corrected chi connectivity index (χ2v) is 4.04. The summed E-state index contributed by atoms with van der Waals surface area (Å²) < 4.78 is 0. The standard InChI is InChI=1S/C11H20Si/c1-4-7-11(10-12,8-5-2)9-6-3/h4-6H,1-3,7-10H2,12H3. The van der Waals surface area contributed by atoms with Crippen molar-refractivity contribution in [2.24, 2.45) is 5.41 Å². The molecule has 0 saturated carbocycles. The summed E-state index contributed by atoms with van der Waals surface area (Å²) in [6, 6.07) is 1.30. The number of allylic oxidation sites excluding steroid dienone is 3. The van der Waals surface area contributed by atoms with Crippen LogP contribution in [0.3, 0.4) is 0 Å². The van der Waals surface area contributed by atoms with Crippen LogP contribution in [0.15, 0.2) is 38.0 Å². The molecular weight excluding hydrogens is 160 g/mol. The maximum Gasteiger partial charge on any atom is 0.00354 e. The molecule has 0 N–H and O–H groups in total. The molecule has 1 heteroatoms. The van der Waals surface area contributed by atoms with Crippen LogP contribution in [0.5, 0.6) is 0 Å². The molecule has 0 heterocycles. The van der Waals surface area contributed by atoms with Crippen molar-refractivity contribution >= 4 is 10.2 Å². The SMILES string of the molecule is C=CCC(C[SiH3])(CC=C)CC=C. The van der Waals surface area contributed by atoms with E-state index in [1.807, 2.05) is 18.2 Å². The molecule has 0 spiro atoms. The molecule has 0 amide bonds. The van der Waals surface area contributed by atoms with Gasteiger partial charge in [0.25, 0.3) is 0 Å². The van der Waals surface area contributed by atoms with Crippen LogP contribution in [-0.2, 0) is 0 Å². The first-order valence-electron chi connectivity index (χ1n) is 4.57. The van der Waals surface area contributed by atoms with E-state index in [0.29, 0.717) is 5.41 Å². The molecule has 0 aliphatic carbocycles. The summed E-state index contributed by atoms with van der Waals surface area (Å²) >= 11 is 0. The topological polar surface area (TPSA) is 0 Å². The highest BCUT2D eigenvalue weighted by molar-refractivity contribution is 6.09. The minimum absolute atomic E-state index is 0.400. The minimum atomic E-state index is 0.400. The van der Waals surface area contributed by atoms with E-state index in [2.05, 4.69) is 19.7 Å². The smallest absolute Gasteiger partial charge is 0.00354 e. The number of rotatable bonds is 7. The van der Waals surface area contributed by atoms with Gasteiger partial charge in [-0.1, -0.05) is 24.3 Å². The Morgan fingerprint density at radius 1 is 0.917 bits per heavy atom. The van der Waals surface area contributed by atoms with Crippen molar-refractivity contribution in [1.29, 1.82) is 0 Å². The van der Waals surface area contributed by atoms with E-state index in [1.165, 1.54) is 16.3 Å². The van der Waals surface area contributed by atoms with Crippen LogP contribution in [0.1, 0.15) is 19.3 Å². The van der Waals surface area contributed by atoms with Crippen molar-refractivity contribution in [2.45, 2.75) is 25.3 Å². The lowest BCUT2D eigenvalue weighted by molar-refractivity contribution is 0.339. The first-order valence-corrected chi connectivity index (χ1v) is 5.99. The van der Waals surface area contributed by atoms with Crippen molar-refractivity contribution in [3.63, 3.8) is 0 Å². The van der Waals surface area contributed by atoms with Crippen LogP contribution >= 0.6 is 0 Å². The van der Waals surface area contributed by atoms with Crippen molar-refractivity contribution in [3.8, 4) is 0 Å². The van der Waals surface area contributed by atoms with Gasteiger partial charge in [-0.3, -0.25) is 0 Å². The fourth-order valence-corrected chi connectivity index (χ4v) is 2.47. The fraction of sp³-hybridized carbons (Fsp3) is 0.455. The van der Waals surface area contributed by atoms with E-state index < -0.39 is 0 Å². The van der Waals surface area contributed by atoms with Gasteiger partial charge in [-0.05, 0) is 24.7 Å². The predicted molar refractivity (Wildman–Crippen MR) is 61.6 cm³/mol. The highest BCUT2D eigenvalue weighted by Gasteiger charge is 2.22. The molecule has 0 bridgehead atoms. The minimum Gasteiger partial charge on any atom is -0.103 e. The molecular formula is C11H20Si. The van der Waals surface area contributed by atoms with Crippen LogP contribution in [-0.4, -0.2) is 10.2 Å². The van der Waals surface area contributed by atoms with E-state index in [0.717, 1.165) is 19.3 Å². The Bertz CT molecular complexity index is 132. The molecule has 0 fully saturated rings. The van der Waals surface area contributed by atoms with Gasteiger partial charge in [0.2, 0.25) is 0 Å². The van der Waals surface area contributed by atoms with Crippen molar-refractivity contribution in [2.75, 3.05) is 0 Å². The molecule has 0 radical (unpaired) electrons. The highest BCUT2D eigenvalue weighted by atomic mass is 28.1. The molecule has 0 rings (SSSR count). The van der Waals surface area contributed by atoms with Gasteiger partial charge in [-0.25, -0.2) is 0 Å². The lowest BCUT2D eigenvalue weighted by Gasteiger charge is -2.29. The first kappa shape index (κ1) is 11.4. The maximum atomic E-state index is 3.80. The van der Waals surface area contributed by atoms with E-state index in [1.54, 1.807) is 0 Å². The Hall–Kier alpha value is -0.563. The normalized spacial score (nSPS) is 11.0. The first-order chi connectivity index (χ1) is 5.74. The molecule has 0 nitrogen and oxygen atoms in total. The summed E-state index contributed by atoms with van der Waals surface area (Å²) in [5.41, 5.74) is 0.400. The predicted octanol–water partition coefficient (Wildman–Crippen LogP) is 2.48. The number of hydrogen-bond donors (Lipinski definition) is 0. The van der Waals surface area contributed by atoms with Crippen LogP contribution < -0.4 is 0 Å². The van der Waals surface area contributed by atoms with Gasteiger partial charge in [-0.15, -0.1) is 19.7 Å². The highest BCUT2D eigenvalue weighted by Crippen LogP contribution is 2.35. The average molecular weight is 180 g/mol. The Morgan fingerprint density at radius 2 is 1.25 bits per heavy atom. The van der Waals surface area contributed by atoms with Crippen LogP contribution in [0.2, 0.25) is 6.04 Å². The monoisotopic (exact) mass is 180 g/mol. The van der Waals surface area contributed by atoms with Crippen LogP contribution in [0.25, 0.3) is 0 Å². The second-order valence-electron chi connectivity index (χ2n) is 3.33. The van der Waals surface area contributed by atoms with Crippen molar-refractivity contribution in [3.05, 3.63) is 38.0 Å². The van der Waals surface area contributed by atoms with E-state index >= 15 is 0 Å². The molecule has 0 aromatic carbocycles. The summed E-state index contributed by atoms with van der Waals surface area (Å²) in [6.07, 6.45) is 9.33. The molecule has 0 unspecified atom stereocenters. The second kappa shape index (κ2) is 6.01. The summed E-state index contributed by atoms with van der Waals surface area (Å²) in [5.74, 6) is 0. The molecule has 0 aliphatic heterocycles. The summed E-state index contributed by atoms with van der Waals surface area (Å²) in [5, 5.41) is 0. The zero-order chi connectivity index (χ0) is 9.45. The van der Waals surface area contributed by atoms with E-state index in [-0.39, 0.29) is 0 Å². The average Bonchev–Trinajstić information content (AvgIpc) is 2.06. The fourth-order valence-electron chi connectivity index (χ4n) is 1.60. The van der Waals surface area contributed by atoms with Gasteiger partial charge >= 0.3 is 0 Å². The van der Waals surface area contributed by atoms with E-state index in [9.17, 15) is 0 Å². The van der Waals surface area contributed by atoms with Crippen LogP contribution in [0.4, 0.5) is 0 Å². The maximum absolute atomic E-state index is 3.80. The summed E-state index contributed by atoms with van der Waals surface area (Å²) in [7, 11) is 1.25. The molecule has 12 heavy (non-hydrogen) atoms. The van der Waals surface area contributed by atoms with Gasteiger partial charge in [0.05, 0.1) is 0 Å². The van der Waals surface area contributed by atoms with Gasteiger partial charge in [0.1, 0.15) is 0 Å². The summed E-state index contributed by atoms with van der Waals surface area (Å²) in [4.78, 5) is 0. The zero-order valence-corrected chi connectivity index (χ0v) is 10.2. The zero-order valence-electron chi connectivity index (χ0n) is 8.18. The Balaban J connectivity index is 4.35. The van der Waals surface area contributed by atoms with Gasteiger partial charge in [0.15, 0.2) is 0 Å². The third kappa shape index (κ3) is 3.22. The van der Waals surface area contributed by atoms with E-state index in [4.69, 9.17) is 0 Å². The van der Waals surface area contributed by atoms with Crippen molar-refractivity contribution < 1.29 is 0 Å². The third-order valence-electron chi connectivity index (χ3n) is 2.48. The van der Waals surface area contributed by atoms with Gasteiger partial charge < -0.3 is 0 Å². The Labute approximate surface area is 79.5 Å². The Kier molecular flexibility index (Phi) is 5.73. The largest absolute Gasteiger partial charge is 0.103 e. The molecule has 0 aromatic rings. The lowest BCUT2D eigenvalue weighted by atomic mass is 9.80. The molecule has 0 saturated heterocycles. The molecule has 0 aliphatic rings. The van der Waals surface area contributed by atoms with Crippen molar-refractivity contribution in [1.82, 2.24) is 0 Å². The molecule has 0 aromatic heterocycles. The van der Waals surface area contributed by atoms with Gasteiger partial charge in [-0.2, -0.15) is 0 Å². The Morgan fingerprint density at radius 3 is 1.42 bits per heavy atom. The third-order valence-corrected chi connectivity index (χ3v) is 3.98. The lowest BCUT2D eigenvalue weighted by Crippen LogP contribution is -2.17. The van der Waals surface area contributed by atoms with Crippen LogP contribution in [0, 0.1) is 5.41 Å². The summed E-state index contributed by atoms with van der Waals surface area (Å²) in [6.45, 7) is 11.4. The quantitative estimate of drug-likeness (QED) is 0.417. The molecule has 0 atom stereocenters. The number of hydrogen-bond acceptors (Lipinski definition) is 0. The molecule has 68 valence electrons. The van der Waals surface area contributed by atoms with Gasteiger partial charge in [0, 0.05) is 10.2 Å².